The van der Waals surface area contributed by atoms with Crippen molar-refractivity contribution in [2.45, 2.75) is 31.2 Å². The van der Waals surface area contributed by atoms with Crippen LogP contribution in [0.5, 0.6) is 0 Å². The van der Waals surface area contributed by atoms with E-state index in [0.717, 1.165) is 32.4 Å². The monoisotopic (exact) mass is 294 g/mol. The van der Waals surface area contributed by atoms with Crippen molar-refractivity contribution in [3.63, 3.8) is 0 Å². The molecule has 114 valence electrons. The van der Waals surface area contributed by atoms with Gasteiger partial charge in [-0.25, -0.2) is 0 Å². The van der Waals surface area contributed by atoms with Crippen LogP contribution in [0.4, 0.5) is 0 Å². The molecule has 0 aromatic heterocycles. The number of benzene rings is 2. The lowest BCUT2D eigenvalue weighted by molar-refractivity contribution is -0.123. The molecule has 1 amide bonds. The molecule has 0 radical (unpaired) electrons. The Morgan fingerprint density at radius 3 is 2.68 bits per heavy atom. The first-order valence-corrected chi connectivity index (χ1v) is 8.31. The lowest BCUT2D eigenvalue weighted by Crippen LogP contribution is -2.43. The van der Waals surface area contributed by atoms with Gasteiger partial charge in [0.05, 0.1) is 0 Å². The van der Waals surface area contributed by atoms with E-state index in [1.165, 1.54) is 16.3 Å². The number of nitrogens with one attached hydrogen (secondary N) is 2. The largest absolute Gasteiger partial charge is 0.353 e. The van der Waals surface area contributed by atoms with Crippen LogP contribution in [0.25, 0.3) is 10.8 Å². The summed E-state index contributed by atoms with van der Waals surface area (Å²) in [6.45, 7) is 2.03. The summed E-state index contributed by atoms with van der Waals surface area (Å²) in [4.78, 5) is 12.5. The fraction of sp³-hybridized carbons (Fsp3) is 0.421. The van der Waals surface area contributed by atoms with Gasteiger partial charge in [-0.05, 0) is 54.6 Å². The summed E-state index contributed by atoms with van der Waals surface area (Å²) in [5.41, 5.74) is 1.34. The molecule has 2 aliphatic rings. The quantitative estimate of drug-likeness (QED) is 0.914. The number of carbonyl (C=O) groups is 1. The number of fused-ring (bicyclic) bond motifs is 1. The zero-order valence-corrected chi connectivity index (χ0v) is 12.7. The maximum absolute atomic E-state index is 12.5. The zero-order valence-electron chi connectivity index (χ0n) is 12.7. The maximum atomic E-state index is 12.5. The Balaban J connectivity index is 1.47. The molecule has 1 aliphatic heterocycles. The molecular formula is C19H22N2O. The van der Waals surface area contributed by atoms with Gasteiger partial charge in [-0.1, -0.05) is 42.5 Å². The second-order valence-electron chi connectivity index (χ2n) is 6.55. The van der Waals surface area contributed by atoms with E-state index in [1.54, 1.807) is 0 Å². The molecule has 1 heterocycles. The van der Waals surface area contributed by atoms with E-state index in [-0.39, 0.29) is 11.8 Å². The number of rotatable bonds is 3. The fourth-order valence-electron chi connectivity index (χ4n) is 3.68. The highest BCUT2D eigenvalue weighted by atomic mass is 16.2. The first kappa shape index (κ1) is 13.8. The number of piperidine rings is 1. The molecule has 4 rings (SSSR count). The van der Waals surface area contributed by atoms with Crippen molar-refractivity contribution in [2.75, 3.05) is 13.1 Å². The SMILES string of the molecule is O=C(NC1CCNCC1)C1CC1c1cccc2ccccc12. The Morgan fingerprint density at radius 1 is 1.05 bits per heavy atom. The van der Waals surface area contributed by atoms with E-state index in [1.807, 2.05) is 0 Å². The van der Waals surface area contributed by atoms with Gasteiger partial charge in [0.2, 0.25) is 5.91 Å². The van der Waals surface area contributed by atoms with Crippen LogP contribution in [0.1, 0.15) is 30.7 Å². The predicted molar refractivity (Wildman–Crippen MR) is 88.8 cm³/mol. The van der Waals surface area contributed by atoms with E-state index in [9.17, 15) is 4.79 Å². The molecule has 1 aliphatic carbocycles. The third kappa shape index (κ3) is 2.61. The van der Waals surface area contributed by atoms with Gasteiger partial charge in [-0.15, -0.1) is 0 Å². The molecule has 0 bridgehead atoms. The predicted octanol–water partition coefficient (Wildman–Crippen LogP) is 2.81. The van der Waals surface area contributed by atoms with Crippen molar-refractivity contribution in [3.8, 4) is 0 Å². The molecule has 3 nitrogen and oxygen atoms in total. The van der Waals surface area contributed by atoms with Crippen LogP contribution >= 0.6 is 0 Å². The summed E-state index contributed by atoms with van der Waals surface area (Å²) in [5.74, 6) is 0.818. The van der Waals surface area contributed by atoms with Crippen LogP contribution in [0.3, 0.4) is 0 Å². The molecule has 2 aromatic carbocycles. The van der Waals surface area contributed by atoms with Gasteiger partial charge in [-0.2, -0.15) is 0 Å². The van der Waals surface area contributed by atoms with E-state index in [0.29, 0.717) is 12.0 Å². The number of hydrogen-bond donors (Lipinski definition) is 2. The molecule has 1 saturated carbocycles. The molecule has 1 saturated heterocycles. The van der Waals surface area contributed by atoms with E-state index >= 15 is 0 Å². The van der Waals surface area contributed by atoms with Crippen LogP contribution in [0, 0.1) is 5.92 Å². The normalized spacial score (nSPS) is 25.1. The van der Waals surface area contributed by atoms with Crippen LogP contribution < -0.4 is 10.6 Å². The average Bonchev–Trinajstić information content (AvgIpc) is 3.36. The second kappa shape index (κ2) is 5.73. The lowest BCUT2D eigenvalue weighted by Gasteiger charge is -2.23. The fourth-order valence-corrected chi connectivity index (χ4v) is 3.68. The van der Waals surface area contributed by atoms with Crippen LogP contribution in [-0.4, -0.2) is 25.0 Å². The van der Waals surface area contributed by atoms with Crippen molar-refractivity contribution in [2.24, 2.45) is 5.92 Å². The summed E-state index contributed by atoms with van der Waals surface area (Å²) in [6, 6.07) is 15.3. The van der Waals surface area contributed by atoms with Crippen LogP contribution in [-0.2, 0) is 4.79 Å². The lowest BCUT2D eigenvalue weighted by atomic mass is 10.00. The number of hydrogen-bond acceptors (Lipinski definition) is 2. The Hall–Kier alpha value is -1.87. The topological polar surface area (TPSA) is 41.1 Å². The molecule has 2 unspecified atom stereocenters. The van der Waals surface area contributed by atoms with Gasteiger partial charge < -0.3 is 10.6 Å². The minimum Gasteiger partial charge on any atom is -0.353 e. The molecule has 22 heavy (non-hydrogen) atoms. The van der Waals surface area contributed by atoms with Gasteiger partial charge in [0, 0.05) is 12.0 Å². The summed E-state index contributed by atoms with van der Waals surface area (Å²) in [5, 5.41) is 9.15. The maximum Gasteiger partial charge on any atom is 0.223 e. The van der Waals surface area contributed by atoms with Crippen molar-refractivity contribution >= 4 is 16.7 Å². The number of amides is 1. The van der Waals surface area contributed by atoms with E-state index in [4.69, 9.17) is 0 Å². The van der Waals surface area contributed by atoms with E-state index < -0.39 is 0 Å². The van der Waals surface area contributed by atoms with Crippen molar-refractivity contribution in [3.05, 3.63) is 48.0 Å². The standard InChI is InChI=1S/C19H22N2O/c22-19(21-14-8-10-20-11-9-14)18-12-17(18)16-7-3-5-13-4-1-2-6-15(13)16/h1-7,14,17-18,20H,8-12H2,(H,21,22). The van der Waals surface area contributed by atoms with Gasteiger partial charge in [0.1, 0.15) is 0 Å². The van der Waals surface area contributed by atoms with Crippen molar-refractivity contribution < 1.29 is 4.79 Å². The van der Waals surface area contributed by atoms with Crippen molar-refractivity contribution in [1.82, 2.24) is 10.6 Å². The molecule has 3 heteroatoms. The van der Waals surface area contributed by atoms with Gasteiger partial charge in [0.25, 0.3) is 0 Å². The molecular weight excluding hydrogens is 272 g/mol. The minimum atomic E-state index is 0.167. The van der Waals surface area contributed by atoms with Gasteiger partial charge >= 0.3 is 0 Å². The zero-order chi connectivity index (χ0) is 14.9. The molecule has 2 atom stereocenters. The molecule has 2 aromatic rings. The Kier molecular flexibility index (Phi) is 3.59. The third-order valence-electron chi connectivity index (χ3n) is 5.04. The Morgan fingerprint density at radius 2 is 1.82 bits per heavy atom. The minimum absolute atomic E-state index is 0.167. The summed E-state index contributed by atoms with van der Waals surface area (Å²) in [7, 11) is 0. The van der Waals surface area contributed by atoms with E-state index in [2.05, 4.69) is 53.1 Å². The smallest absolute Gasteiger partial charge is 0.223 e. The third-order valence-corrected chi connectivity index (χ3v) is 5.04. The first-order valence-electron chi connectivity index (χ1n) is 8.31. The van der Waals surface area contributed by atoms with Gasteiger partial charge in [0.15, 0.2) is 0 Å². The highest BCUT2D eigenvalue weighted by molar-refractivity contribution is 5.89. The average molecular weight is 294 g/mol. The molecule has 0 spiro atoms. The Bertz CT molecular complexity index is 685. The summed E-state index contributed by atoms with van der Waals surface area (Å²) >= 11 is 0. The van der Waals surface area contributed by atoms with Gasteiger partial charge in [-0.3, -0.25) is 4.79 Å². The van der Waals surface area contributed by atoms with Crippen molar-refractivity contribution in [1.29, 1.82) is 0 Å². The Labute approximate surface area is 131 Å². The summed E-state index contributed by atoms with van der Waals surface area (Å²) in [6.07, 6.45) is 3.10. The molecule has 2 fully saturated rings. The summed E-state index contributed by atoms with van der Waals surface area (Å²) < 4.78 is 0. The van der Waals surface area contributed by atoms with Crippen LogP contribution in [0.15, 0.2) is 42.5 Å². The second-order valence-corrected chi connectivity index (χ2v) is 6.55. The van der Waals surface area contributed by atoms with Crippen LogP contribution in [0.2, 0.25) is 0 Å². The number of carbonyl (C=O) groups excluding carboxylic acids is 1. The first-order chi connectivity index (χ1) is 10.8. The highest BCUT2D eigenvalue weighted by Crippen LogP contribution is 2.49. The molecule has 2 N–H and O–H groups in total. The highest BCUT2D eigenvalue weighted by Gasteiger charge is 2.44.